The number of nitrogens with zero attached hydrogens (tertiary/aromatic N) is 3. The van der Waals surface area contributed by atoms with Crippen molar-refractivity contribution < 1.29 is 28.7 Å². The van der Waals surface area contributed by atoms with E-state index in [0.29, 0.717) is 56.1 Å². The van der Waals surface area contributed by atoms with Gasteiger partial charge in [-0.3, -0.25) is 9.59 Å². The van der Waals surface area contributed by atoms with Gasteiger partial charge in [0.05, 0.1) is 28.2 Å². The summed E-state index contributed by atoms with van der Waals surface area (Å²) >= 11 is 6.66. The molecule has 2 heterocycles. The van der Waals surface area contributed by atoms with E-state index < -0.39 is 11.5 Å². The standard InChI is InChI=1S/C28H42ClN3O6/c1-8-23-26(34)31(13-10-14-36-7)22-15-20(21(29)16-24(22)37-23)25(33)32(18(2)3)19-11-9-12-30(17-19)38-27(35)28(4,5)6/h15-16,18-19,23H,8-14,17H2,1-7H3. The first kappa shape index (κ1) is 30.2. The molecule has 1 fully saturated rings. The molecule has 2 aliphatic rings. The second kappa shape index (κ2) is 12.7. The summed E-state index contributed by atoms with van der Waals surface area (Å²) in [6, 6.07) is 3.01. The first-order chi connectivity index (χ1) is 17.9. The molecule has 10 heteroatoms. The second-order valence-electron chi connectivity index (χ2n) is 11.3. The number of carbonyl (C=O) groups is 3. The number of anilines is 1. The Morgan fingerprint density at radius 2 is 1.97 bits per heavy atom. The van der Waals surface area contributed by atoms with Crippen LogP contribution in [0.25, 0.3) is 0 Å². The number of amides is 2. The highest BCUT2D eigenvalue weighted by Gasteiger charge is 2.37. The molecular weight excluding hydrogens is 510 g/mol. The summed E-state index contributed by atoms with van der Waals surface area (Å²) in [7, 11) is 1.62. The number of hydroxylamine groups is 2. The van der Waals surface area contributed by atoms with E-state index in [-0.39, 0.29) is 34.9 Å². The Balaban J connectivity index is 1.90. The zero-order valence-corrected chi connectivity index (χ0v) is 24.5. The number of ether oxygens (including phenoxy) is 2. The van der Waals surface area contributed by atoms with Gasteiger partial charge in [0, 0.05) is 45.0 Å². The van der Waals surface area contributed by atoms with Crippen LogP contribution in [-0.2, 0) is 19.2 Å². The highest BCUT2D eigenvalue weighted by Crippen LogP contribution is 2.40. The zero-order chi connectivity index (χ0) is 28.2. The Morgan fingerprint density at radius 1 is 1.26 bits per heavy atom. The number of rotatable bonds is 9. The van der Waals surface area contributed by atoms with Gasteiger partial charge >= 0.3 is 5.97 Å². The van der Waals surface area contributed by atoms with Gasteiger partial charge in [-0.05, 0) is 66.4 Å². The molecule has 0 N–H and O–H groups in total. The average Bonchev–Trinajstić information content (AvgIpc) is 2.84. The van der Waals surface area contributed by atoms with Gasteiger partial charge < -0.3 is 24.1 Å². The van der Waals surface area contributed by atoms with Crippen LogP contribution in [0.5, 0.6) is 5.75 Å². The topological polar surface area (TPSA) is 88.6 Å². The van der Waals surface area contributed by atoms with E-state index in [1.165, 1.54) is 0 Å². The van der Waals surface area contributed by atoms with E-state index in [0.717, 1.165) is 12.8 Å². The summed E-state index contributed by atoms with van der Waals surface area (Å²) in [5.41, 5.74) is 0.227. The van der Waals surface area contributed by atoms with Gasteiger partial charge in [0.15, 0.2) is 6.10 Å². The van der Waals surface area contributed by atoms with Crippen LogP contribution < -0.4 is 9.64 Å². The fraction of sp³-hybridized carbons (Fsp3) is 0.679. The van der Waals surface area contributed by atoms with Crippen molar-refractivity contribution in [1.29, 1.82) is 0 Å². The maximum absolute atomic E-state index is 14.0. The van der Waals surface area contributed by atoms with Gasteiger partial charge in [0.25, 0.3) is 11.8 Å². The molecule has 38 heavy (non-hydrogen) atoms. The molecule has 0 aromatic heterocycles. The van der Waals surface area contributed by atoms with Crippen LogP contribution in [0.3, 0.4) is 0 Å². The van der Waals surface area contributed by atoms with Gasteiger partial charge in [-0.25, -0.2) is 4.79 Å². The average molecular weight is 552 g/mol. The van der Waals surface area contributed by atoms with E-state index in [1.54, 1.807) is 34.1 Å². The molecule has 2 unspecified atom stereocenters. The van der Waals surface area contributed by atoms with Crippen molar-refractivity contribution >= 4 is 35.1 Å². The number of benzene rings is 1. The third-order valence-corrected chi connectivity index (χ3v) is 7.16. The Bertz CT molecular complexity index is 1020. The van der Waals surface area contributed by atoms with Crippen molar-refractivity contribution in [3.05, 3.63) is 22.7 Å². The summed E-state index contributed by atoms with van der Waals surface area (Å²) < 4.78 is 11.1. The molecule has 3 rings (SSSR count). The highest BCUT2D eigenvalue weighted by molar-refractivity contribution is 6.34. The van der Waals surface area contributed by atoms with Crippen LogP contribution in [-0.4, -0.2) is 79.3 Å². The highest BCUT2D eigenvalue weighted by atomic mass is 35.5. The lowest BCUT2D eigenvalue weighted by molar-refractivity contribution is -0.208. The van der Waals surface area contributed by atoms with Gasteiger partial charge in [0.2, 0.25) is 0 Å². The Morgan fingerprint density at radius 3 is 2.58 bits per heavy atom. The number of piperidine rings is 1. The van der Waals surface area contributed by atoms with E-state index in [9.17, 15) is 14.4 Å². The van der Waals surface area contributed by atoms with E-state index in [1.807, 2.05) is 41.5 Å². The summed E-state index contributed by atoms with van der Waals surface area (Å²) in [4.78, 5) is 48.7. The molecule has 0 radical (unpaired) electrons. The predicted molar refractivity (Wildman–Crippen MR) is 146 cm³/mol. The number of hydrogen-bond donors (Lipinski definition) is 0. The molecule has 2 aliphatic heterocycles. The summed E-state index contributed by atoms with van der Waals surface area (Å²) in [5, 5.41) is 1.93. The molecule has 212 valence electrons. The monoisotopic (exact) mass is 551 g/mol. The Kier molecular flexibility index (Phi) is 10.1. The molecule has 1 saturated heterocycles. The summed E-state index contributed by atoms with van der Waals surface area (Å²) in [5.74, 6) is -0.184. The molecule has 0 bridgehead atoms. The van der Waals surface area contributed by atoms with Crippen LogP contribution in [0, 0.1) is 5.41 Å². The molecule has 2 atom stereocenters. The van der Waals surface area contributed by atoms with Crippen molar-refractivity contribution in [2.75, 3.05) is 38.3 Å². The molecule has 0 saturated carbocycles. The lowest BCUT2D eigenvalue weighted by Crippen LogP contribution is -2.53. The summed E-state index contributed by atoms with van der Waals surface area (Å²) in [6.45, 7) is 13.2. The minimum atomic E-state index is -0.622. The van der Waals surface area contributed by atoms with Crippen molar-refractivity contribution in [3.63, 3.8) is 0 Å². The Labute approximate surface area is 231 Å². The predicted octanol–water partition coefficient (Wildman–Crippen LogP) is 4.70. The number of carbonyl (C=O) groups excluding carboxylic acids is 3. The molecule has 1 aromatic rings. The fourth-order valence-electron chi connectivity index (χ4n) is 4.81. The molecule has 0 spiro atoms. The number of fused-ring (bicyclic) bond motifs is 1. The molecular formula is C28H42ClN3O6. The third-order valence-electron chi connectivity index (χ3n) is 6.85. The quantitative estimate of drug-likeness (QED) is 0.411. The molecule has 1 aromatic carbocycles. The van der Waals surface area contributed by atoms with Crippen LogP contribution >= 0.6 is 11.6 Å². The largest absolute Gasteiger partial charge is 0.478 e. The van der Waals surface area contributed by atoms with Gasteiger partial charge in [-0.1, -0.05) is 18.5 Å². The van der Waals surface area contributed by atoms with Crippen molar-refractivity contribution in [2.45, 2.75) is 85.4 Å². The smallest absolute Gasteiger partial charge is 0.330 e. The minimum Gasteiger partial charge on any atom is -0.478 e. The first-order valence-corrected chi connectivity index (χ1v) is 13.9. The molecule has 0 aliphatic carbocycles. The fourth-order valence-corrected chi connectivity index (χ4v) is 5.05. The van der Waals surface area contributed by atoms with Crippen LogP contribution in [0.4, 0.5) is 5.69 Å². The Hall–Kier alpha value is -2.36. The van der Waals surface area contributed by atoms with Gasteiger partial charge in [-0.2, -0.15) is 0 Å². The number of hydrogen-bond acceptors (Lipinski definition) is 7. The van der Waals surface area contributed by atoms with E-state index in [2.05, 4.69) is 0 Å². The van der Waals surface area contributed by atoms with Gasteiger partial charge in [0.1, 0.15) is 5.75 Å². The lowest BCUT2D eigenvalue weighted by Gasteiger charge is -2.41. The van der Waals surface area contributed by atoms with E-state index in [4.69, 9.17) is 25.9 Å². The van der Waals surface area contributed by atoms with Crippen molar-refractivity contribution in [3.8, 4) is 5.75 Å². The SMILES string of the molecule is CCC1Oc2cc(Cl)c(C(=O)N(C(C)C)C3CCCN(OC(=O)C(C)(C)C)C3)cc2N(CCCOC)C1=O. The molecule has 9 nitrogen and oxygen atoms in total. The third kappa shape index (κ3) is 6.79. The van der Waals surface area contributed by atoms with Crippen LogP contribution in [0.1, 0.15) is 77.6 Å². The lowest BCUT2D eigenvalue weighted by atomic mass is 9.97. The summed E-state index contributed by atoms with van der Waals surface area (Å²) in [6.07, 6.45) is 2.13. The minimum absolute atomic E-state index is 0.127. The maximum atomic E-state index is 14.0. The number of halogens is 1. The normalized spacial score (nSPS) is 20.2. The first-order valence-electron chi connectivity index (χ1n) is 13.5. The van der Waals surface area contributed by atoms with Crippen LogP contribution in [0.2, 0.25) is 5.02 Å². The van der Waals surface area contributed by atoms with E-state index >= 15 is 0 Å². The second-order valence-corrected chi connectivity index (χ2v) is 11.7. The zero-order valence-electron chi connectivity index (χ0n) is 23.7. The number of methoxy groups -OCH3 is 1. The van der Waals surface area contributed by atoms with Crippen LogP contribution in [0.15, 0.2) is 12.1 Å². The van der Waals surface area contributed by atoms with Crippen molar-refractivity contribution in [2.24, 2.45) is 5.41 Å². The van der Waals surface area contributed by atoms with Gasteiger partial charge in [-0.15, -0.1) is 5.06 Å². The molecule has 2 amide bonds. The maximum Gasteiger partial charge on any atom is 0.330 e. The van der Waals surface area contributed by atoms with Crippen molar-refractivity contribution in [1.82, 2.24) is 9.96 Å².